The largest absolute Gasteiger partial charge is 0.497 e. The quantitative estimate of drug-likeness (QED) is 0.558. The van der Waals surface area contributed by atoms with Crippen molar-refractivity contribution in [1.82, 2.24) is 4.57 Å². The summed E-state index contributed by atoms with van der Waals surface area (Å²) in [5.74, 6) is 0.791. The van der Waals surface area contributed by atoms with E-state index in [0.29, 0.717) is 33.1 Å². The molecular weight excluding hydrogens is 426 g/mol. The van der Waals surface area contributed by atoms with Gasteiger partial charge in [-0.3, -0.25) is 4.79 Å². The zero-order valence-corrected chi connectivity index (χ0v) is 18.1. The molecule has 158 valence electrons. The lowest BCUT2D eigenvalue weighted by molar-refractivity contribution is -0.117. The fourth-order valence-corrected chi connectivity index (χ4v) is 4.64. The van der Waals surface area contributed by atoms with E-state index < -0.39 is 10.0 Å². The molecule has 0 saturated heterocycles. The Hall–Kier alpha value is -2.95. The van der Waals surface area contributed by atoms with Crippen LogP contribution < -0.4 is 19.4 Å². The molecule has 1 heterocycles. The van der Waals surface area contributed by atoms with Crippen molar-refractivity contribution in [1.29, 1.82) is 0 Å². The van der Waals surface area contributed by atoms with Crippen LogP contribution >= 0.6 is 11.3 Å². The van der Waals surface area contributed by atoms with Gasteiger partial charge < -0.3 is 14.0 Å². The number of allylic oxidation sites excluding steroid dienone is 1. The van der Waals surface area contributed by atoms with E-state index >= 15 is 0 Å². The Kier molecular flexibility index (Phi) is 6.40. The van der Waals surface area contributed by atoms with Crippen LogP contribution in [0.4, 0.5) is 0 Å². The molecule has 0 spiro atoms. The number of rotatable bonds is 7. The number of amides is 1. The van der Waals surface area contributed by atoms with E-state index in [4.69, 9.17) is 14.6 Å². The first-order valence-electron chi connectivity index (χ1n) is 8.82. The highest BCUT2D eigenvalue weighted by molar-refractivity contribution is 7.89. The molecule has 0 aliphatic heterocycles. The third-order valence-corrected chi connectivity index (χ3v) is 6.30. The van der Waals surface area contributed by atoms with Crippen molar-refractivity contribution in [3.05, 3.63) is 59.4 Å². The Bertz CT molecular complexity index is 1290. The van der Waals surface area contributed by atoms with Crippen LogP contribution in [0, 0.1) is 0 Å². The van der Waals surface area contributed by atoms with E-state index in [0.717, 1.165) is 5.52 Å². The first-order chi connectivity index (χ1) is 14.3. The van der Waals surface area contributed by atoms with Gasteiger partial charge in [0, 0.05) is 18.2 Å². The van der Waals surface area contributed by atoms with Crippen LogP contribution in [0.5, 0.6) is 11.5 Å². The third kappa shape index (κ3) is 4.61. The summed E-state index contributed by atoms with van der Waals surface area (Å²) in [6.45, 7) is 4.15. The topological polar surface area (TPSA) is 113 Å². The molecule has 0 saturated carbocycles. The Labute approximate surface area is 177 Å². The number of carbonyl (C=O) groups is 1. The van der Waals surface area contributed by atoms with Crippen molar-refractivity contribution >= 4 is 37.5 Å². The van der Waals surface area contributed by atoms with Crippen LogP contribution in [-0.2, 0) is 27.8 Å². The van der Waals surface area contributed by atoms with Gasteiger partial charge in [0.2, 0.25) is 10.0 Å². The number of carbonyl (C=O) groups excluding carboxylic acids is 1. The van der Waals surface area contributed by atoms with Crippen molar-refractivity contribution in [2.45, 2.75) is 17.9 Å². The zero-order valence-electron chi connectivity index (χ0n) is 16.5. The first-order valence-corrected chi connectivity index (χ1v) is 11.2. The molecule has 0 aliphatic carbocycles. The lowest BCUT2D eigenvalue weighted by Crippen LogP contribution is -2.17. The summed E-state index contributed by atoms with van der Waals surface area (Å²) in [6, 6.07) is 9.76. The minimum Gasteiger partial charge on any atom is -0.497 e. The lowest BCUT2D eigenvalue weighted by Gasteiger charge is -2.08. The second kappa shape index (κ2) is 8.82. The maximum atomic E-state index is 12.7. The van der Waals surface area contributed by atoms with Gasteiger partial charge in [-0.1, -0.05) is 23.5 Å². The molecule has 1 aromatic heterocycles. The van der Waals surface area contributed by atoms with Gasteiger partial charge in [0.15, 0.2) is 4.80 Å². The standard InChI is InChI=1S/C20H21N3O5S2/c1-4-9-23-16-8-7-15(30(21,25)26)12-18(16)29-20(23)22-19(24)10-13-5-6-14(27-2)11-17(13)28-3/h4-8,11-12H,1,9-10H2,2-3H3,(H2,21,25,26). The van der Waals surface area contributed by atoms with Crippen LogP contribution in [0.2, 0.25) is 0 Å². The van der Waals surface area contributed by atoms with Crippen molar-refractivity contribution in [3.63, 3.8) is 0 Å². The van der Waals surface area contributed by atoms with Gasteiger partial charge in [-0.05, 0) is 24.3 Å². The third-order valence-electron chi connectivity index (χ3n) is 4.35. The SMILES string of the molecule is C=CCn1c(=NC(=O)Cc2ccc(OC)cc2OC)sc2cc(S(N)(=O)=O)ccc21. The minimum atomic E-state index is -3.83. The predicted octanol–water partition coefficient (Wildman–Crippen LogP) is 2.22. The fraction of sp³-hybridized carbons (Fsp3) is 0.200. The molecule has 0 atom stereocenters. The number of fused-ring (bicyclic) bond motifs is 1. The minimum absolute atomic E-state index is 0.00264. The van der Waals surface area contributed by atoms with E-state index in [1.165, 1.54) is 30.6 Å². The van der Waals surface area contributed by atoms with E-state index in [9.17, 15) is 13.2 Å². The van der Waals surface area contributed by atoms with Crippen LogP contribution in [0.25, 0.3) is 10.2 Å². The molecule has 30 heavy (non-hydrogen) atoms. The molecule has 0 aliphatic rings. The van der Waals surface area contributed by atoms with E-state index in [-0.39, 0.29) is 17.2 Å². The van der Waals surface area contributed by atoms with Crippen LogP contribution in [-0.4, -0.2) is 33.1 Å². The monoisotopic (exact) mass is 447 g/mol. The number of hydrogen-bond donors (Lipinski definition) is 1. The second-order valence-corrected chi connectivity index (χ2v) is 8.89. The first kappa shape index (κ1) is 21.8. The normalized spacial score (nSPS) is 12.2. The van der Waals surface area contributed by atoms with Crippen LogP contribution in [0.15, 0.2) is 58.9 Å². The number of sulfonamides is 1. The molecule has 8 nitrogen and oxygen atoms in total. The summed E-state index contributed by atoms with van der Waals surface area (Å²) < 4.78 is 36.2. The van der Waals surface area contributed by atoms with E-state index in [1.54, 1.807) is 42.0 Å². The summed E-state index contributed by atoms with van der Waals surface area (Å²) in [6.07, 6.45) is 1.72. The summed E-state index contributed by atoms with van der Waals surface area (Å²) in [4.78, 5) is 17.4. The summed E-state index contributed by atoms with van der Waals surface area (Å²) >= 11 is 1.21. The number of nitrogens with zero attached hydrogens (tertiary/aromatic N) is 2. The number of thiazole rings is 1. The highest BCUT2D eigenvalue weighted by Crippen LogP contribution is 2.25. The maximum absolute atomic E-state index is 12.7. The Balaban J connectivity index is 2.03. The van der Waals surface area contributed by atoms with Gasteiger partial charge in [-0.15, -0.1) is 6.58 Å². The van der Waals surface area contributed by atoms with E-state index in [2.05, 4.69) is 11.6 Å². The summed E-state index contributed by atoms with van der Waals surface area (Å²) in [5.41, 5.74) is 1.42. The maximum Gasteiger partial charge on any atom is 0.252 e. The lowest BCUT2D eigenvalue weighted by atomic mass is 10.1. The van der Waals surface area contributed by atoms with Crippen molar-refractivity contribution in [3.8, 4) is 11.5 Å². The summed E-state index contributed by atoms with van der Waals surface area (Å²) in [5, 5.41) is 5.22. The fourth-order valence-electron chi connectivity index (χ4n) is 2.93. The molecule has 2 aromatic carbocycles. The number of ether oxygens (including phenoxy) is 2. The molecule has 1 amide bonds. The molecule has 10 heteroatoms. The molecule has 0 radical (unpaired) electrons. The van der Waals surface area contributed by atoms with Crippen LogP contribution in [0.3, 0.4) is 0 Å². The Morgan fingerprint density at radius 3 is 2.63 bits per heavy atom. The van der Waals surface area contributed by atoms with Gasteiger partial charge >= 0.3 is 0 Å². The highest BCUT2D eigenvalue weighted by atomic mass is 32.2. The van der Waals surface area contributed by atoms with Gasteiger partial charge in [0.1, 0.15) is 11.5 Å². The number of primary sulfonamides is 1. The van der Waals surface area contributed by atoms with Crippen molar-refractivity contribution in [2.75, 3.05) is 14.2 Å². The Morgan fingerprint density at radius 1 is 1.23 bits per heavy atom. The molecule has 0 unspecified atom stereocenters. The number of methoxy groups -OCH3 is 2. The highest BCUT2D eigenvalue weighted by Gasteiger charge is 2.14. The smallest absolute Gasteiger partial charge is 0.252 e. The van der Waals surface area contributed by atoms with E-state index in [1.807, 2.05) is 0 Å². The molecule has 3 aromatic rings. The summed E-state index contributed by atoms with van der Waals surface area (Å²) in [7, 11) is -0.759. The molecule has 0 bridgehead atoms. The van der Waals surface area contributed by atoms with Gasteiger partial charge in [-0.25, -0.2) is 13.6 Å². The Morgan fingerprint density at radius 2 is 2.00 bits per heavy atom. The van der Waals surface area contributed by atoms with Crippen molar-refractivity contribution in [2.24, 2.45) is 10.1 Å². The number of hydrogen-bond acceptors (Lipinski definition) is 6. The average Bonchev–Trinajstić information content (AvgIpc) is 3.04. The zero-order chi connectivity index (χ0) is 21.9. The number of aromatic nitrogens is 1. The molecule has 2 N–H and O–H groups in total. The van der Waals surface area contributed by atoms with Gasteiger partial charge in [0.05, 0.1) is 35.8 Å². The number of nitrogens with two attached hydrogens (primary N) is 1. The molecular formula is C20H21N3O5S2. The number of benzene rings is 2. The molecule has 3 rings (SSSR count). The second-order valence-electron chi connectivity index (χ2n) is 6.32. The molecule has 0 fully saturated rings. The van der Waals surface area contributed by atoms with Gasteiger partial charge in [0.25, 0.3) is 5.91 Å². The average molecular weight is 448 g/mol. The van der Waals surface area contributed by atoms with Gasteiger partial charge in [-0.2, -0.15) is 4.99 Å². The predicted molar refractivity (Wildman–Crippen MR) is 115 cm³/mol. The van der Waals surface area contributed by atoms with Crippen LogP contribution in [0.1, 0.15) is 5.56 Å². The van der Waals surface area contributed by atoms with Crippen molar-refractivity contribution < 1.29 is 22.7 Å².